The summed E-state index contributed by atoms with van der Waals surface area (Å²) in [5.74, 6) is 1.48. The summed E-state index contributed by atoms with van der Waals surface area (Å²) >= 11 is 0. The van der Waals surface area contributed by atoms with Gasteiger partial charge in [-0.2, -0.15) is 0 Å². The highest BCUT2D eigenvalue weighted by molar-refractivity contribution is 5.16. The van der Waals surface area contributed by atoms with Crippen LogP contribution in [0.15, 0.2) is 12.4 Å². The summed E-state index contributed by atoms with van der Waals surface area (Å²) in [7, 11) is 0. The zero-order chi connectivity index (χ0) is 9.80. The minimum atomic E-state index is 0.382. The smallest absolute Gasteiger partial charge is 0.236 e. The van der Waals surface area contributed by atoms with E-state index in [9.17, 15) is 0 Å². The monoisotopic (exact) mass is 193 g/mol. The zero-order valence-electron chi connectivity index (χ0n) is 8.15. The van der Waals surface area contributed by atoms with Crippen LogP contribution in [0.4, 0.5) is 0 Å². The Morgan fingerprint density at radius 2 is 2.14 bits per heavy atom. The molecule has 2 rings (SSSR count). The van der Waals surface area contributed by atoms with E-state index in [4.69, 9.17) is 10.5 Å². The van der Waals surface area contributed by atoms with Crippen LogP contribution in [-0.4, -0.2) is 16.6 Å². The first-order chi connectivity index (χ1) is 6.90. The predicted molar refractivity (Wildman–Crippen MR) is 52.8 cm³/mol. The van der Waals surface area contributed by atoms with Crippen LogP contribution in [0.3, 0.4) is 0 Å². The van der Waals surface area contributed by atoms with E-state index < -0.39 is 0 Å². The molecule has 1 aromatic rings. The highest BCUT2D eigenvalue weighted by Gasteiger charge is 2.20. The normalized spacial score (nSPS) is 15.5. The van der Waals surface area contributed by atoms with Gasteiger partial charge in [-0.15, -0.1) is 0 Å². The first kappa shape index (κ1) is 9.40. The summed E-state index contributed by atoms with van der Waals surface area (Å²) in [5, 5.41) is 0. The van der Waals surface area contributed by atoms with Crippen LogP contribution in [0, 0.1) is 5.92 Å². The molecule has 0 saturated heterocycles. The second-order valence-electron chi connectivity index (χ2n) is 3.59. The first-order valence-corrected chi connectivity index (χ1v) is 5.03. The summed E-state index contributed by atoms with van der Waals surface area (Å²) in [6.07, 6.45) is 7.10. The molecule has 1 heterocycles. The third kappa shape index (κ3) is 2.42. The average molecular weight is 193 g/mol. The SMILES string of the molecule is NCc1nccnc1OCCC1CC1. The lowest BCUT2D eigenvalue weighted by molar-refractivity contribution is 0.286. The highest BCUT2D eigenvalue weighted by Crippen LogP contribution is 2.32. The number of hydrogen-bond acceptors (Lipinski definition) is 4. The summed E-state index contributed by atoms with van der Waals surface area (Å²) in [5.41, 5.74) is 6.25. The molecule has 0 atom stereocenters. The van der Waals surface area contributed by atoms with Gasteiger partial charge in [0.15, 0.2) is 0 Å². The van der Waals surface area contributed by atoms with Crippen molar-refractivity contribution < 1.29 is 4.74 Å². The van der Waals surface area contributed by atoms with Gasteiger partial charge in [0.25, 0.3) is 0 Å². The van der Waals surface area contributed by atoms with Crippen molar-refractivity contribution in [2.75, 3.05) is 6.61 Å². The van der Waals surface area contributed by atoms with Crippen LogP contribution in [0.5, 0.6) is 5.88 Å². The largest absolute Gasteiger partial charge is 0.476 e. The number of aromatic nitrogens is 2. The van der Waals surface area contributed by atoms with Gasteiger partial charge in [0.1, 0.15) is 5.69 Å². The fraction of sp³-hybridized carbons (Fsp3) is 0.600. The quantitative estimate of drug-likeness (QED) is 0.761. The van der Waals surface area contributed by atoms with E-state index in [0.29, 0.717) is 12.4 Å². The van der Waals surface area contributed by atoms with Crippen molar-refractivity contribution in [2.24, 2.45) is 11.7 Å². The van der Waals surface area contributed by atoms with E-state index in [2.05, 4.69) is 9.97 Å². The van der Waals surface area contributed by atoms with E-state index in [0.717, 1.165) is 24.6 Å². The highest BCUT2D eigenvalue weighted by atomic mass is 16.5. The molecule has 0 aromatic carbocycles. The van der Waals surface area contributed by atoms with Crippen LogP contribution in [0.1, 0.15) is 25.0 Å². The Morgan fingerprint density at radius 1 is 1.36 bits per heavy atom. The summed E-state index contributed by atoms with van der Waals surface area (Å²) < 4.78 is 5.53. The van der Waals surface area contributed by atoms with Crippen molar-refractivity contribution in [3.63, 3.8) is 0 Å². The first-order valence-electron chi connectivity index (χ1n) is 5.03. The van der Waals surface area contributed by atoms with Gasteiger partial charge in [0.2, 0.25) is 5.88 Å². The van der Waals surface area contributed by atoms with Crippen molar-refractivity contribution in [3.8, 4) is 5.88 Å². The van der Waals surface area contributed by atoms with E-state index >= 15 is 0 Å². The fourth-order valence-electron chi connectivity index (χ4n) is 1.34. The molecule has 0 radical (unpaired) electrons. The minimum absolute atomic E-state index is 0.382. The number of ether oxygens (including phenoxy) is 1. The van der Waals surface area contributed by atoms with Crippen molar-refractivity contribution in [2.45, 2.75) is 25.8 Å². The molecule has 0 aliphatic heterocycles. The third-order valence-electron chi connectivity index (χ3n) is 2.39. The van der Waals surface area contributed by atoms with E-state index in [-0.39, 0.29) is 0 Å². The van der Waals surface area contributed by atoms with Crippen molar-refractivity contribution >= 4 is 0 Å². The molecule has 1 aliphatic rings. The molecule has 2 N–H and O–H groups in total. The molecular weight excluding hydrogens is 178 g/mol. The number of rotatable bonds is 5. The molecular formula is C10H15N3O. The van der Waals surface area contributed by atoms with E-state index in [1.807, 2.05) is 0 Å². The molecule has 1 aliphatic carbocycles. The van der Waals surface area contributed by atoms with Crippen LogP contribution < -0.4 is 10.5 Å². The maximum absolute atomic E-state index is 5.53. The van der Waals surface area contributed by atoms with Gasteiger partial charge >= 0.3 is 0 Å². The molecule has 0 bridgehead atoms. The maximum Gasteiger partial charge on any atom is 0.236 e. The maximum atomic E-state index is 5.53. The van der Waals surface area contributed by atoms with Crippen LogP contribution in [0.25, 0.3) is 0 Å². The Kier molecular flexibility index (Phi) is 2.93. The predicted octanol–water partition coefficient (Wildman–Crippen LogP) is 1.11. The van der Waals surface area contributed by atoms with Gasteiger partial charge in [-0.1, -0.05) is 12.8 Å². The lowest BCUT2D eigenvalue weighted by atomic mass is 10.3. The van der Waals surface area contributed by atoms with Crippen molar-refractivity contribution in [1.29, 1.82) is 0 Å². The Labute approximate surface area is 83.5 Å². The average Bonchev–Trinajstić information content (AvgIpc) is 3.03. The van der Waals surface area contributed by atoms with E-state index in [1.54, 1.807) is 12.4 Å². The van der Waals surface area contributed by atoms with Crippen LogP contribution in [-0.2, 0) is 6.54 Å². The summed E-state index contributed by atoms with van der Waals surface area (Å²) in [6.45, 7) is 1.11. The molecule has 1 aromatic heterocycles. The van der Waals surface area contributed by atoms with Gasteiger partial charge in [-0.25, -0.2) is 4.98 Å². The Bertz CT molecular complexity index is 299. The molecule has 4 heteroatoms. The third-order valence-corrected chi connectivity index (χ3v) is 2.39. The number of hydrogen-bond donors (Lipinski definition) is 1. The topological polar surface area (TPSA) is 61.0 Å². The second-order valence-corrected chi connectivity index (χ2v) is 3.59. The zero-order valence-corrected chi connectivity index (χ0v) is 8.15. The lowest BCUT2D eigenvalue weighted by Crippen LogP contribution is -2.07. The fourth-order valence-corrected chi connectivity index (χ4v) is 1.34. The summed E-state index contributed by atoms with van der Waals surface area (Å²) in [4.78, 5) is 8.20. The Morgan fingerprint density at radius 3 is 2.86 bits per heavy atom. The lowest BCUT2D eigenvalue weighted by Gasteiger charge is -2.06. The molecule has 4 nitrogen and oxygen atoms in total. The number of nitrogens with zero attached hydrogens (tertiary/aromatic N) is 2. The molecule has 0 amide bonds. The van der Waals surface area contributed by atoms with Gasteiger partial charge in [-0.05, 0) is 12.3 Å². The van der Waals surface area contributed by atoms with Crippen LogP contribution >= 0.6 is 0 Å². The van der Waals surface area contributed by atoms with Gasteiger partial charge in [0.05, 0.1) is 6.61 Å². The number of nitrogens with two attached hydrogens (primary N) is 1. The molecule has 76 valence electrons. The molecule has 0 unspecified atom stereocenters. The van der Waals surface area contributed by atoms with Gasteiger partial charge < -0.3 is 10.5 Å². The van der Waals surface area contributed by atoms with Crippen molar-refractivity contribution in [1.82, 2.24) is 9.97 Å². The minimum Gasteiger partial charge on any atom is -0.476 e. The molecule has 0 spiro atoms. The van der Waals surface area contributed by atoms with Gasteiger partial charge in [-0.3, -0.25) is 4.98 Å². The van der Waals surface area contributed by atoms with Crippen molar-refractivity contribution in [3.05, 3.63) is 18.1 Å². The second kappa shape index (κ2) is 4.37. The molecule has 1 saturated carbocycles. The molecule has 14 heavy (non-hydrogen) atoms. The standard InChI is InChI=1S/C10H15N3O/c11-7-9-10(13-5-4-12-9)14-6-3-8-1-2-8/h4-5,8H,1-3,6-7,11H2. The van der Waals surface area contributed by atoms with E-state index in [1.165, 1.54) is 12.8 Å². The Balaban J connectivity index is 1.86. The van der Waals surface area contributed by atoms with Gasteiger partial charge in [0, 0.05) is 18.9 Å². The summed E-state index contributed by atoms with van der Waals surface area (Å²) in [6, 6.07) is 0. The molecule has 1 fully saturated rings. The Hall–Kier alpha value is -1.16. The van der Waals surface area contributed by atoms with Crippen LogP contribution in [0.2, 0.25) is 0 Å².